The zero-order valence-electron chi connectivity index (χ0n) is 20.1. The highest BCUT2D eigenvalue weighted by Crippen LogP contribution is 2.37. The van der Waals surface area contributed by atoms with E-state index in [-0.39, 0.29) is 6.42 Å². The van der Waals surface area contributed by atoms with Gasteiger partial charge >= 0.3 is 0 Å². The molecule has 1 fully saturated rings. The fourth-order valence-corrected chi connectivity index (χ4v) is 4.69. The van der Waals surface area contributed by atoms with Gasteiger partial charge in [0.05, 0.1) is 24.2 Å². The Morgan fingerprint density at radius 1 is 1.23 bits per heavy atom. The lowest BCUT2D eigenvalue weighted by molar-refractivity contribution is -0.134. The highest BCUT2D eigenvalue weighted by atomic mass is 32.2. The Balaban J connectivity index is 1.90. The maximum absolute atomic E-state index is 12.8. The van der Waals surface area contributed by atoms with Crippen molar-refractivity contribution in [2.45, 2.75) is 82.0 Å². The minimum absolute atomic E-state index is 0.0119. The Bertz CT molecular complexity index is 1030. The van der Waals surface area contributed by atoms with E-state index in [1.807, 2.05) is 0 Å². The number of nitrogens with two attached hydrogens (primary N) is 1. The van der Waals surface area contributed by atoms with E-state index in [0.29, 0.717) is 28.7 Å². The van der Waals surface area contributed by atoms with Crippen LogP contribution in [0.1, 0.15) is 52.5 Å². The molecule has 2 aromatic rings. The van der Waals surface area contributed by atoms with Crippen LogP contribution in [-0.4, -0.2) is 88.7 Å². The van der Waals surface area contributed by atoms with Gasteiger partial charge in [0, 0.05) is 12.3 Å². The van der Waals surface area contributed by atoms with E-state index in [1.54, 1.807) is 0 Å². The van der Waals surface area contributed by atoms with Crippen molar-refractivity contribution >= 4 is 40.6 Å². The third-order valence-electron chi connectivity index (χ3n) is 5.95. The van der Waals surface area contributed by atoms with Gasteiger partial charge in [0.2, 0.25) is 11.8 Å². The Morgan fingerprint density at radius 3 is 2.60 bits per heavy atom. The number of primary amides is 1. The number of carbonyl (C=O) groups is 2. The maximum Gasteiger partial charge on any atom is 0.242 e. The molecule has 1 saturated carbocycles. The van der Waals surface area contributed by atoms with Crippen molar-refractivity contribution in [3.63, 3.8) is 0 Å². The second-order valence-electron chi connectivity index (χ2n) is 8.71. The van der Waals surface area contributed by atoms with Gasteiger partial charge in [-0.15, -0.1) is 5.10 Å². The van der Waals surface area contributed by atoms with Gasteiger partial charge in [0.1, 0.15) is 12.1 Å². The molecule has 0 saturated heterocycles. The van der Waals surface area contributed by atoms with E-state index in [2.05, 4.69) is 44.8 Å². The molecular formula is C21H34N8O5S. The monoisotopic (exact) mass is 510 g/mol. The van der Waals surface area contributed by atoms with Crippen LogP contribution in [-0.2, 0) is 9.59 Å². The van der Waals surface area contributed by atoms with E-state index in [1.165, 1.54) is 23.4 Å². The molecule has 0 aliphatic heterocycles. The number of fused-ring (bicyclic) bond motifs is 1. The Hall–Kier alpha value is -2.55. The first-order chi connectivity index (χ1) is 16.7. The van der Waals surface area contributed by atoms with E-state index in [9.17, 15) is 24.9 Å². The van der Waals surface area contributed by atoms with Crippen LogP contribution in [0.3, 0.4) is 0 Å². The van der Waals surface area contributed by atoms with Crippen LogP contribution in [0.15, 0.2) is 5.16 Å². The topological polar surface area (TPSA) is 201 Å². The Labute approximate surface area is 207 Å². The lowest BCUT2D eigenvalue weighted by Gasteiger charge is -2.22. The number of nitrogens with zero attached hydrogens (tertiary/aromatic N) is 5. The number of nitrogens with one attached hydrogen (secondary N) is 2. The number of anilines is 1. The van der Waals surface area contributed by atoms with Crippen molar-refractivity contribution in [1.29, 1.82) is 0 Å². The van der Waals surface area contributed by atoms with Gasteiger partial charge in [-0.3, -0.25) is 9.59 Å². The van der Waals surface area contributed by atoms with Crippen LogP contribution in [0.4, 0.5) is 5.82 Å². The number of aromatic nitrogens is 5. The van der Waals surface area contributed by atoms with Crippen LogP contribution in [0, 0.1) is 5.92 Å². The van der Waals surface area contributed by atoms with Crippen molar-refractivity contribution in [2.24, 2.45) is 11.7 Å². The number of unbranched alkanes of at least 4 members (excludes halogenated alkanes) is 1. The minimum Gasteiger partial charge on any atom is -0.391 e. The smallest absolute Gasteiger partial charge is 0.242 e. The lowest BCUT2D eigenvalue weighted by atomic mass is 10.0. The van der Waals surface area contributed by atoms with Crippen molar-refractivity contribution < 1.29 is 24.9 Å². The fraction of sp³-hybridized carbons (Fsp3) is 0.714. The summed E-state index contributed by atoms with van der Waals surface area (Å²) in [6, 6.07) is -2.12. The molecule has 0 spiro atoms. The molecule has 13 nitrogen and oxygen atoms in total. The number of rotatable bonds is 12. The number of thioether (sulfide) groups is 1. The summed E-state index contributed by atoms with van der Waals surface area (Å²) in [5.74, 6) is -1.32. The number of hydrogen-bond donors (Lipinski definition) is 6. The van der Waals surface area contributed by atoms with Gasteiger partial charge in [-0.2, -0.15) is 0 Å². The molecule has 0 radical (unpaired) electrons. The van der Waals surface area contributed by atoms with Crippen LogP contribution in [0.5, 0.6) is 0 Å². The summed E-state index contributed by atoms with van der Waals surface area (Å²) in [6.45, 7) is 6.16. The molecule has 1 aliphatic rings. The summed E-state index contributed by atoms with van der Waals surface area (Å²) >= 11 is 1.49. The first-order valence-electron chi connectivity index (χ1n) is 11.8. The SMILES string of the molecule is CCCCNc1nc(SCCC)nc2c1nnn2[C@@H]1C[C@H](C(=O)NC(C(N)=O)C(C)O)[C@@H](O)[C@H]1O. The number of aliphatic hydroxyl groups is 3. The molecule has 14 heteroatoms. The lowest BCUT2D eigenvalue weighted by Crippen LogP contribution is -2.53. The first-order valence-corrected chi connectivity index (χ1v) is 12.8. The van der Waals surface area contributed by atoms with E-state index in [0.717, 1.165) is 25.0 Å². The molecule has 2 amide bonds. The third kappa shape index (κ3) is 6.00. The average Bonchev–Trinajstić information content (AvgIpc) is 3.36. The zero-order valence-corrected chi connectivity index (χ0v) is 20.9. The third-order valence-corrected chi connectivity index (χ3v) is 7.00. The highest BCUT2D eigenvalue weighted by molar-refractivity contribution is 7.99. The largest absolute Gasteiger partial charge is 0.391 e. The summed E-state index contributed by atoms with van der Waals surface area (Å²) in [7, 11) is 0. The van der Waals surface area contributed by atoms with Gasteiger partial charge in [-0.25, -0.2) is 14.6 Å². The molecule has 35 heavy (non-hydrogen) atoms. The van der Waals surface area contributed by atoms with Crippen LogP contribution in [0.25, 0.3) is 11.2 Å². The summed E-state index contributed by atoms with van der Waals surface area (Å²) in [6.07, 6.45) is -1.09. The zero-order chi connectivity index (χ0) is 25.7. The number of carbonyl (C=O) groups excluding carboxylic acids is 2. The van der Waals surface area contributed by atoms with Gasteiger partial charge in [0.15, 0.2) is 22.1 Å². The molecule has 0 bridgehead atoms. The first kappa shape index (κ1) is 27.0. The van der Waals surface area contributed by atoms with Crippen LogP contribution < -0.4 is 16.4 Å². The molecule has 194 valence electrons. The molecule has 2 heterocycles. The second-order valence-corrected chi connectivity index (χ2v) is 9.77. The number of aliphatic hydroxyl groups excluding tert-OH is 3. The molecule has 0 aromatic carbocycles. The van der Waals surface area contributed by atoms with Crippen molar-refractivity contribution in [2.75, 3.05) is 17.6 Å². The Kier molecular flexibility index (Phi) is 9.21. The van der Waals surface area contributed by atoms with E-state index >= 15 is 0 Å². The number of hydrogen-bond acceptors (Lipinski definition) is 11. The molecule has 2 unspecified atom stereocenters. The van der Waals surface area contributed by atoms with Crippen molar-refractivity contribution in [3.05, 3.63) is 0 Å². The minimum atomic E-state index is -1.43. The molecule has 6 atom stereocenters. The summed E-state index contributed by atoms with van der Waals surface area (Å²) in [4.78, 5) is 33.5. The highest BCUT2D eigenvalue weighted by Gasteiger charge is 2.47. The molecule has 7 N–H and O–H groups in total. The Morgan fingerprint density at radius 2 is 1.97 bits per heavy atom. The standard InChI is InChI=1S/C21H34N8O5S/c1-4-6-7-23-18-14-19(26-21(25-18)35-8-5-2)29(28-27-14)12-9-11(15(31)16(12)32)20(34)24-13(10(3)30)17(22)33/h10-13,15-16,30-32H,4-9H2,1-3H3,(H2,22,33)(H,24,34)(H,23,25,26)/t10?,11-,12+,13?,15+,16-/m0/s1. The molecule has 3 rings (SSSR count). The normalized spacial score (nSPS) is 23.8. The molecule has 1 aliphatic carbocycles. The van der Waals surface area contributed by atoms with Gasteiger partial charge in [-0.1, -0.05) is 37.2 Å². The predicted molar refractivity (Wildman–Crippen MR) is 129 cm³/mol. The number of amides is 2. The van der Waals surface area contributed by atoms with Crippen molar-refractivity contribution in [3.8, 4) is 0 Å². The molecular weight excluding hydrogens is 476 g/mol. The van der Waals surface area contributed by atoms with Gasteiger partial charge in [0.25, 0.3) is 0 Å². The van der Waals surface area contributed by atoms with Gasteiger partial charge < -0.3 is 31.7 Å². The maximum atomic E-state index is 12.8. The van der Waals surface area contributed by atoms with Crippen LogP contribution in [0.2, 0.25) is 0 Å². The summed E-state index contributed by atoms with van der Waals surface area (Å²) in [5.41, 5.74) is 6.06. The van der Waals surface area contributed by atoms with E-state index in [4.69, 9.17) is 5.73 Å². The van der Waals surface area contributed by atoms with Crippen molar-refractivity contribution in [1.82, 2.24) is 30.3 Å². The molecule has 2 aromatic heterocycles. The summed E-state index contributed by atoms with van der Waals surface area (Å²) < 4.78 is 1.42. The van der Waals surface area contributed by atoms with E-state index < -0.39 is 48.1 Å². The summed E-state index contributed by atoms with van der Waals surface area (Å²) in [5, 5.41) is 45.7. The quantitative estimate of drug-likeness (QED) is 0.123. The predicted octanol–water partition coefficient (Wildman–Crippen LogP) is -0.431. The fourth-order valence-electron chi connectivity index (χ4n) is 4.00. The second kappa shape index (κ2) is 11.9. The average molecular weight is 511 g/mol. The van der Waals surface area contributed by atoms with Crippen LogP contribution >= 0.6 is 11.8 Å². The van der Waals surface area contributed by atoms with Gasteiger partial charge in [-0.05, 0) is 26.2 Å².